The minimum atomic E-state index is -0.703. The summed E-state index contributed by atoms with van der Waals surface area (Å²) in [4.78, 5) is 30.2. The third kappa shape index (κ3) is 6.23. The van der Waals surface area contributed by atoms with Crippen LogP contribution >= 0.6 is 0 Å². The van der Waals surface area contributed by atoms with Crippen LogP contribution in [0.1, 0.15) is 54.6 Å². The van der Waals surface area contributed by atoms with Crippen molar-refractivity contribution in [2.75, 3.05) is 27.2 Å². The summed E-state index contributed by atoms with van der Waals surface area (Å²) in [7, 11) is 3.84. The van der Waals surface area contributed by atoms with E-state index in [4.69, 9.17) is 4.74 Å². The van der Waals surface area contributed by atoms with Crippen LogP contribution in [0.25, 0.3) is 5.76 Å². The zero-order valence-corrected chi connectivity index (χ0v) is 23.7. The number of Topliss-reactive ketones (excluding diaryl/α,β-unsaturated/α-hetero) is 1. The van der Waals surface area contributed by atoms with Gasteiger partial charge in [-0.05, 0) is 66.9 Å². The number of amides is 1. The lowest BCUT2D eigenvalue weighted by Crippen LogP contribution is -2.35. The smallest absolute Gasteiger partial charge is 0.295 e. The third-order valence-corrected chi connectivity index (χ3v) is 7.13. The van der Waals surface area contributed by atoms with Crippen LogP contribution in [0.15, 0.2) is 78.4 Å². The van der Waals surface area contributed by atoms with Gasteiger partial charge in [0.1, 0.15) is 18.1 Å². The molecule has 3 aromatic rings. The molecule has 0 radical (unpaired) electrons. The number of aliphatic hydroxyl groups excluding tert-OH is 1. The maximum atomic E-state index is 13.4. The quantitative estimate of drug-likeness (QED) is 0.226. The molecule has 1 fully saturated rings. The molecular formula is C33H38N2O4. The Morgan fingerprint density at radius 3 is 2.26 bits per heavy atom. The highest BCUT2D eigenvalue weighted by Crippen LogP contribution is 2.40. The summed E-state index contributed by atoms with van der Waals surface area (Å²) >= 11 is 0. The Labute approximate surface area is 231 Å². The predicted octanol–water partition coefficient (Wildman–Crippen LogP) is 5.85. The number of aliphatic hydroxyl groups is 1. The zero-order chi connectivity index (χ0) is 28.3. The molecule has 1 aliphatic rings. The molecule has 39 heavy (non-hydrogen) atoms. The molecule has 0 saturated carbocycles. The van der Waals surface area contributed by atoms with E-state index in [1.807, 2.05) is 98.7 Å². The number of carbonyl (C=O) groups excluding carboxylic acids is 2. The maximum Gasteiger partial charge on any atom is 0.295 e. The van der Waals surface area contributed by atoms with Crippen LogP contribution < -0.4 is 4.74 Å². The molecule has 0 aromatic heterocycles. The number of ketones is 1. The molecule has 1 N–H and O–H groups in total. The van der Waals surface area contributed by atoms with E-state index in [2.05, 4.69) is 20.8 Å². The van der Waals surface area contributed by atoms with E-state index < -0.39 is 17.7 Å². The van der Waals surface area contributed by atoms with Crippen molar-refractivity contribution in [2.45, 2.75) is 45.8 Å². The van der Waals surface area contributed by atoms with Gasteiger partial charge in [-0.1, -0.05) is 75.4 Å². The highest BCUT2D eigenvalue weighted by atomic mass is 16.5. The van der Waals surface area contributed by atoms with Crippen molar-refractivity contribution in [1.29, 1.82) is 0 Å². The lowest BCUT2D eigenvalue weighted by atomic mass is 9.84. The normalized spacial score (nSPS) is 17.2. The van der Waals surface area contributed by atoms with E-state index in [1.165, 1.54) is 0 Å². The lowest BCUT2D eigenvalue weighted by Gasteiger charge is -2.27. The molecule has 1 unspecified atom stereocenters. The zero-order valence-electron chi connectivity index (χ0n) is 23.7. The number of hydrogen-bond acceptors (Lipinski definition) is 5. The minimum absolute atomic E-state index is 0.117. The Morgan fingerprint density at radius 2 is 1.64 bits per heavy atom. The van der Waals surface area contributed by atoms with Gasteiger partial charge in [-0.3, -0.25) is 9.59 Å². The minimum Gasteiger partial charge on any atom is -0.507 e. The number of aryl methyl sites for hydroxylation is 1. The molecule has 4 rings (SSSR count). The van der Waals surface area contributed by atoms with Crippen LogP contribution in [0.4, 0.5) is 0 Å². The summed E-state index contributed by atoms with van der Waals surface area (Å²) in [5, 5.41) is 11.6. The summed E-state index contributed by atoms with van der Waals surface area (Å²) in [5.74, 6) is -0.723. The second kappa shape index (κ2) is 11.5. The molecule has 3 aromatic carbocycles. The molecule has 6 heteroatoms. The van der Waals surface area contributed by atoms with Gasteiger partial charge in [-0.25, -0.2) is 0 Å². The second-order valence-electron chi connectivity index (χ2n) is 11.4. The fourth-order valence-corrected chi connectivity index (χ4v) is 4.74. The SMILES string of the molecule is Cc1ccc(C(C)(C)C)cc1/C(O)=C1\C(=O)C(=O)N(CCN(C)C)C1c1ccc(OCc2ccccc2)cc1. The molecule has 0 aliphatic carbocycles. The predicted molar refractivity (Wildman–Crippen MR) is 155 cm³/mol. The molecule has 0 spiro atoms. The van der Waals surface area contributed by atoms with Crippen molar-refractivity contribution >= 4 is 17.4 Å². The average molecular weight is 527 g/mol. The van der Waals surface area contributed by atoms with E-state index in [1.54, 1.807) is 4.90 Å². The largest absolute Gasteiger partial charge is 0.507 e. The fraction of sp³-hybridized carbons (Fsp3) is 0.333. The van der Waals surface area contributed by atoms with Crippen molar-refractivity contribution in [1.82, 2.24) is 9.80 Å². The van der Waals surface area contributed by atoms with E-state index in [0.29, 0.717) is 31.0 Å². The molecule has 0 bridgehead atoms. The highest BCUT2D eigenvalue weighted by Gasteiger charge is 2.46. The Bertz CT molecular complexity index is 1370. The summed E-state index contributed by atoms with van der Waals surface area (Å²) in [5.41, 5.74) is 4.22. The van der Waals surface area contributed by atoms with Crippen molar-refractivity contribution in [3.8, 4) is 5.75 Å². The van der Waals surface area contributed by atoms with Gasteiger partial charge in [-0.2, -0.15) is 0 Å². The van der Waals surface area contributed by atoms with Crippen LogP contribution in [0.2, 0.25) is 0 Å². The molecule has 1 atom stereocenters. The Balaban J connectivity index is 1.75. The molecule has 1 amide bonds. The van der Waals surface area contributed by atoms with Gasteiger partial charge in [0.05, 0.1) is 11.6 Å². The molecule has 204 valence electrons. The number of hydrogen-bond donors (Lipinski definition) is 1. The van der Waals surface area contributed by atoms with Crippen molar-refractivity contribution < 1.29 is 19.4 Å². The summed E-state index contributed by atoms with van der Waals surface area (Å²) in [6, 6.07) is 22.5. The van der Waals surface area contributed by atoms with Gasteiger partial charge in [0.15, 0.2) is 0 Å². The molecule has 1 saturated heterocycles. The van der Waals surface area contributed by atoms with Crippen LogP contribution in [-0.4, -0.2) is 53.8 Å². The van der Waals surface area contributed by atoms with Crippen LogP contribution in [-0.2, 0) is 21.6 Å². The van der Waals surface area contributed by atoms with Crippen LogP contribution in [0, 0.1) is 6.92 Å². The van der Waals surface area contributed by atoms with Crippen LogP contribution in [0.5, 0.6) is 5.75 Å². The Morgan fingerprint density at radius 1 is 0.974 bits per heavy atom. The number of benzene rings is 3. The topological polar surface area (TPSA) is 70.1 Å². The van der Waals surface area contributed by atoms with Crippen molar-refractivity contribution in [3.63, 3.8) is 0 Å². The standard InChI is InChI=1S/C33H38N2O4/c1-22-12-15-25(33(2,3)4)20-27(22)30(36)28-29(35(19-18-34(5)6)32(38)31(28)37)24-13-16-26(17-14-24)39-21-23-10-8-7-9-11-23/h7-17,20,29,36H,18-19,21H2,1-6H3/b30-28+. The number of rotatable bonds is 8. The number of carbonyl (C=O) groups is 2. The molecule has 6 nitrogen and oxygen atoms in total. The molecule has 1 heterocycles. The van der Waals surface area contributed by atoms with Crippen molar-refractivity contribution in [3.05, 3.63) is 106 Å². The average Bonchev–Trinajstić information content (AvgIpc) is 3.15. The van der Waals surface area contributed by atoms with Crippen molar-refractivity contribution in [2.24, 2.45) is 0 Å². The maximum absolute atomic E-state index is 13.4. The van der Waals surface area contributed by atoms with Gasteiger partial charge in [0.2, 0.25) is 0 Å². The highest BCUT2D eigenvalue weighted by molar-refractivity contribution is 6.46. The number of nitrogens with zero attached hydrogens (tertiary/aromatic N) is 2. The first kappa shape index (κ1) is 28.1. The summed E-state index contributed by atoms with van der Waals surface area (Å²) < 4.78 is 5.95. The number of ether oxygens (including phenoxy) is 1. The third-order valence-electron chi connectivity index (χ3n) is 7.13. The van der Waals surface area contributed by atoms with Gasteiger partial charge < -0.3 is 19.6 Å². The number of likely N-dealkylation sites (tertiary alicyclic amines) is 1. The first-order valence-electron chi connectivity index (χ1n) is 13.3. The number of likely N-dealkylation sites (N-methyl/N-ethyl adjacent to an activating group) is 1. The summed E-state index contributed by atoms with van der Waals surface area (Å²) in [6.45, 7) is 9.57. The Hall–Kier alpha value is -3.90. The first-order chi connectivity index (χ1) is 18.5. The van der Waals surface area contributed by atoms with Gasteiger partial charge in [-0.15, -0.1) is 0 Å². The van der Waals surface area contributed by atoms with E-state index in [9.17, 15) is 14.7 Å². The molecular weight excluding hydrogens is 488 g/mol. The van der Waals surface area contributed by atoms with Gasteiger partial charge in [0, 0.05) is 18.7 Å². The monoisotopic (exact) mass is 526 g/mol. The van der Waals surface area contributed by atoms with Crippen LogP contribution in [0.3, 0.4) is 0 Å². The summed E-state index contributed by atoms with van der Waals surface area (Å²) in [6.07, 6.45) is 0. The molecule has 1 aliphatic heterocycles. The fourth-order valence-electron chi connectivity index (χ4n) is 4.74. The van der Waals surface area contributed by atoms with E-state index >= 15 is 0 Å². The van der Waals surface area contributed by atoms with E-state index in [-0.39, 0.29) is 16.7 Å². The Kier molecular flexibility index (Phi) is 8.26. The van der Waals surface area contributed by atoms with Gasteiger partial charge in [0.25, 0.3) is 11.7 Å². The second-order valence-corrected chi connectivity index (χ2v) is 11.4. The van der Waals surface area contributed by atoms with Gasteiger partial charge >= 0.3 is 0 Å². The lowest BCUT2D eigenvalue weighted by molar-refractivity contribution is -0.140. The van der Waals surface area contributed by atoms with E-state index in [0.717, 1.165) is 22.3 Å². The first-order valence-corrected chi connectivity index (χ1v) is 13.3.